The van der Waals surface area contributed by atoms with Crippen LogP contribution >= 0.6 is 0 Å². The maximum Gasteiger partial charge on any atom is 0.219 e. The van der Waals surface area contributed by atoms with Crippen LogP contribution in [0.15, 0.2) is 0 Å². The normalized spacial score (nSPS) is 25.4. The zero-order valence-corrected chi connectivity index (χ0v) is 10.2. The highest BCUT2D eigenvalue weighted by molar-refractivity contribution is 5.75. The molecule has 1 aliphatic rings. The van der Waals surface area contributed by atoms with Crippen LogP contribution in [0.25, 0.3) is 0 Å². The summed E-state index contributed by atoms with van der Waals surface area (Å²) in [6, 6.07) is 0.378. The van der Waals surface area contributed by atoms with Crippen molar-refractivity contribution in [2.45, 2.75) is 57.6 Å². The average Bonchev–Trinajstić information content (AvgIpc) is 2.31. The summed E-state index contributed by atoms with van der Waals surface area (Å²) in [4.78, 5) is 10.9. The Labute approximate surface area is 97.9 Å². The number of rotatable bonds is 6. The Morgan fingerprint density at radius 3 is 2.69 bits per heavy atom. The second-order valence-corrected chi connectivity index (χ2v) is 4.46. The molecule has 1 aliphatic carbocycles. The van der Waals surface area contributed by atoms with Crippen LogP contribution in [-0.4, -0.2) is 31.2 Å². The first-order chi connectivity index (χ1) is 7.72. The van der Waals surface area contributed by atoms with Crippen molar-refractivity contribution in [3.8, 4) is 0 Å². The Morgan fingerprint density at radius 2 is 2.06 bits per heavy atom. The number of ether oxygens (including phenoxy) is 1. The Kier molecular flexibility index (Phi) is 6.42. The highest BCUT2D eigenvalue weighted by Crippen LogP contribution is 2.19. The monoisotopic (exact) mass is 228 g/mol. The number of carbonyl (C=O) groups is 1. The van der Waals surface area contributed by atoms with Gasteiger partial charge in [-0.1, -0.05) is 6.92 Å². The van der Waals surface area contributed by atoms with E-state index in [1.165, 1.54) is 0 Å². The average molecular weight is 228 g/mol. The molecule has 4 heteroatoms. The molecule has 0 aromatic rings. The smallest absolute Gasteiger partial charge is 0.219 e. The van der Waals surface area contributed by atoms with E-state index in [4.69, 9.17) is 10.5 Å². The van der Waals surface area contributed by atoms with Crippen LogP contribution in [0.4, 0.5) is 0 Å². The fraction of sp³-hybridized carbons (Fsp3) is 0.917. The lowest BCUT2D eigenvalue weighted by molar-refractivity contribution is -0.120. The second-order valence-electron chi connectivity index (χ2n) is 4.46. The van der Waals surface area contributed by atoms with E-state index < -0.39 is 0 Å². The zero-order chi connectivity index (χ0) is 11.8. The van der Waals surface area contributed by atoms with Gasteiger partial charge in [0.2, 0.25) is 5.91 Å². The highest BCUT2D eigenvalue weighted by Gasteiger charge is 2.18. The van der Waals surface area contributed by atoms with E-state index in [0.717, 1.165) is 45.3 Å². The molecular weight excluding hydrogens is 204 g/mol. The molecule has 0 bridgehead atoms. The number of amides is 1. The van der Waals surface area contributed by atoms with E-state index in [0.29, 0.717) is 18.6 Å². The molecule has 0 aliphatic heterocycles. The number of nitrogens with two attached hydrogens (primary N) is 1. The van der Waals surface area contributed by atoms with Gasteiger partial charge in [-0.05, 0) is 32.1 Å². The molecular formula is C12H24N2O2. The van der Waals surface area contributed by atoms with Crippen LogP contribution in [0.3, 0.4) is 0 Å². The summed E-state index contributed by atoms with van der Waals surface area (Å²) >= 11 is 0. The molecule has 0 aromatic heterocycles. The molecule has 0 heterocycles. The van der Waals surface area contributed by atoms with Crippen LogP contribution < -0.4 is 11.1 Å². The molecule has 3 N–H and O–H groups in total. The first kappa shape index (κ1) is 13.5. The van der Waals surface area contributed by atoms with Gasteiger partial charge < -0.3 is 15.8 Å². The van der Waals surface area contributed by atoms with Crippen LogP contribution in [0, 0.1) is 0 Å². The molecule has 1 fully saturated rings. The Balaban J connectivity index is 1.93. The minimum absolute atomic E-state index is 0.114. The van der Waals surface area contributed by atoms with Crippen molar-refractivity contribution in [3.63, 3.8) is 0 Å². The number of hydrogen-bond acceptors (Lipinski definition) is 3. The molecule has 1 rings (SSSR count). The summed E-state index contributed by atoms with van der Waals surface area (Å²) in [5.41, 5.74) is 5.82. The lowest BCUT2D eigenvalue weighted by atomic mass is 9.94. The summed E-state index contributed by atoms with van der Waals surface area (Å²) in [6.07, 6.45) is 6.18. The molecule has 0 unspecified atom stereocenters. The number of hydrogen-bond donors (Lipinski definition) is 2. The fourth-order valence-electron chi connectivity index (χ4n) is 1.93. The molecule has 16 heavy (non-hydrogen) atoms. The van der Waals surface area contributed by atoms with Gasteiger partial charge in [0.25, 0.3) is 0 Å². The maximum absolute atomic E-state index is 10.9. The van der Waals surface area contributed by atoms with Gasteiger partial charge in [-0.2, -0.15) is 0 Å². The Bertz CT molecular complexity index is 201. The molecule has 1 saturated carbocycles. The van der Waals surface area contributed by atoms with E-state index in [2.05, 4.69) is 5.32 Å². The predicted molar refractivity (Wildman–Crippen MR) is 64.1 cm³/mol. The van der Waals surface area contributed by atoms with Crippen LogP contribution in [0.1, 0.15) is 45.4 Å². The van der Waals surface area contributed by atoms with E-state index in [9.17, 15) is 4.79 Å². The summed E-state index contributed by atoms with van der Waals surface area (Å²) in [7, 11) is 0. The third-order valence-corrected chi connectivity index (χ3v) is 3.04. The molecule has 0 aromatic carbocycles. The summed E-state index contributed by atoms with van der Waals surface area (Å²) in [6.45, 7) is 3.32. The van der Waals surface area contributed by atoms with Crippen LogP contribution in [-0.2, 0) is 9.53 Å². The van der Waals surface area contributed by atoms with Gasteiger partial charge in [0, 0.05) is 25.6 Å². The molecule has 0 saturated heterocycles. The quantitative estimate of drug-likeness (QED) is 0.671. The lowest BCUT2D eigenvalue weighted by Crippen LogP contribution is -2.31. The topological polar surface area (TPSA) is 64.3 Å². The van der Waals surface area contributed by atoms with Crippen molar-refractivity contribution in [3.05, 3.63) is 0 Å². The first-order valence-corrected chi connectivity index (χ1v) is 6.36. The Morgan fingerprint density at radius 1 is 1.38 bits per heavy atom. The number of nitrogens with one attached hydrogen (secondary N) is 1. The van der Waals surface area contributed by atoms with Crippen LogP contribution in [0.5, 0.6) is 0 Å². The van der Waals surface area contributed by atoms with Gasteiger partial charge >= 0.3 is 0 Å². The van der Waals surface area contributed by atoms with Crippen molar-refractivity contribution in [1.29, 1.82) is 0 Å². The van der Waals surface area contributed by atoms with Gasteiger partial charge in [0.05, 0.1) is 6.10 Å². The molecule has 1 amide bonds. The lowest BCUT2D eigenvalue weighted by Gasteiger charge is -2.26. The Hall–Kier alpha value is -0.610. The van der Waals surface area contributed by atoms with Gasteiger partial charge in [-0.25, -0.2) is 0 Å². The van der Waals surface area contributed by atoms with Gasteiger partial charge in [0.1, 0.15) is 0 Å². The summed E-state index contributed by atoms with van der Waals surface area (Å²) < 4.78 is 5.74. The fourth-order valence-corrected chi connectivity index (χ4v) is 1.93. The van der Waals surface area contributed by atoms with Crippen molar-refractivity contribution in [2.75, 3.05) is 13.2 Å². The largest absolute Gasteiger partial charge is 0.378 e. The molecule has 4 nitrogen and oxygen atoms in total. The van der Waals surface area contributed by atoms with E-state index in [-0.39, 0.29) is 5.91 Å². The third kappa shape index (κ3) is 5.47. The SMILES string of the molecule is CCC(=O)NCCCOC1CCC(N)CC1. The van der Waals surface area contributed by atoms with Gasteiger partial charge in [-0.15, -0.1) is 0 Å². The van der Waals surface area contributed by atoms with E-state index >= 15 is 0 Å². The van der Waals surface area contributed by atoms with Gasteiger partial charge in [0.15, 0.2) is 0 Å². The molecule has 0 atom stereocenters. The predicted octanol–water partition coefficient (Wildman–Crippen LogP) is 1.19. The van der Waals surface area contributed by atoms with Crippen molar-refractivity contribution >= 4 is 5.91 Å². The van der Waals surface area contributed by atoms with Crippen molar-refractivity contribution in [1.82, 2.24) is 5.32 Å². The summed E-state index contributed by atoms with van der Waals surface area (Å²) in [5.74, 6) is 0.114. The highest BCUT2D eigenvalue weighted by atomic mass is 16.5. The second kappa shape index (κ2) is 7.63. The zero-order valence-electron chi connectivity index (χ0n) is 10.2. The third-order valence-electron chi connectivity index (χ3n) is 3.04. The van der Waals surface area contributed by atoms with Crippen LogP contribution in [0.2, 0.25) is 0 Å². The minimum atomic E-state index is 0.114. The molecule has 0 radical (unpaired) electrons. The van der Waals surface area contributed by atoms with Crippen molar-refractivity contribution in [2.24, 2.45) is 5.73 Å². The standard InChI is InChI=1S/C12H24N2O2/c1-2-12(15)14-8-3-9-16-11-6-4-10(13)5-7-11/h10-11H,2-9,13H2,1H3,(H,14,15). The minimum Gasteiger partial charge on any atom is -0.378 e. The van der Waals surface area contributed by atoms with E-state index in [1.54, 1.807) is 0 Å². The molecule has 94 valence electrons. The summed E-state index contributed by atoms with van der Waals surface area (Å²) in [5, 5.41) is 2.84. The molecule has 0 spiro atoms. The maximum atomic E-state index is 10.9. The first-order valence-electron chi connectivity index (χ1n) is 6.36. The van der Waals surface area contributed by atoms with Gasteiger partial charge in [-0.3, -0.25) is 4.79 Å². The van der Waals surface area contributed by atoms with Crippen molar-refractivity contribution < 1.29 is 9.53 Å². The number of carbonyl (C=O) groups excluding carboxylic acids is 1. The van der Waals surface area contributed by atoms with E-state index in [1.807, 2.05) is 6.92 Å².